The Morgan fingerprint density at radius 3 is 2.52 bits per heavy atom. The van der Waals surface area contributed by atoms with Crippen LogP contribution in [0.3, 0.4) is 0 Å². The lowest BCUT2D eigenvalue weighted by molar-refractivity contribution is -0.133. The molecule has 2 saturated heterocycles. The van der Waals surface area contributed by atoms with Gasteiger partial charge in [-0.05, 0) is 25.3 Å². The van der Waals surface area contributed by atoms with E-state index in [0.717, 1.165) is 44.6 Å². The van der Waals surface area contributed by atoms with Crippen molar-refractivity contribution in [1.29, 1.82) is 0 Å². The average Bonchev–Trinajstić information content (AvgIpc) is 3.07. The Morgan fingerprint density at radius 1 is 1.24 bits per heavy atom. The monoisotopic (exact) mass is 344 g/mol. The summed E-state index contributed by atoms with van der Waals surface area (Å²) in [5, 5.41) is 2.87. The number of hydrogen-bond donors (Lipinski definition) is 1. The first-order chi connectivity index (χ1) is 12.1. The zero-order chi connectivity index (χ0) is 17.8. The second-order valence-electron chi connectivity index (χ2n) is 7.02. The molecule has 1 aromatic rings. The van der Waals surface area contributed by atoms with E-state index >= 15 is 0 Å². The molecule has 0 aliphatic carbocycles. The smallest absolute Gasteiger partial charge is 0.317 e. The van der Waals surface area contributed by atoms with Crippen LogP contribution in [0.4, 0.5) is 4.79 Å². The fourth-order valence-corrected chi connectivity index (χ4v) is 3.70. The molecule has 1 N–H and O–H groups in total. The SMILES string of the molecule is CC(c1ccccc1)N(C)C(=O)CN1CCC(N2CCNC2=O)CC1. The third-order valence-corrected chi connectivity index (χ3v) is 5.50. The zero-order valence-electron chi connectivity index (χ0n) is 15.1. The van der Waals surface area contributed by atoms with Crippen LogP contribution in [-0.4, -0.2) is 72.5 Å². The molecular weight excluding hydrogens is 316 g/mol. The van der Waals surface area contributed by atoms with Gasteiger partial charge in [0.2, 0.25) is 5.91 Å². The van der Waals surface area contributed by atoms with E-state index in [1.165, 1.54) is 0 Å². The molecule has 3 rings (SSSR count). The van der Waals surface area contributed by atoms with E-state index in [0.29, 0.717) is 12.6 Å². The van der Waals surface area contributed by atoms with Crippen molar-refractivity contribution in [2.24, 2.45) is 0 Å². The summed E-state index contributed by atoms with van der Waals surface area (Å²) in [6.45, 7) is 5.80. The molecule has 2 aliphatic rings. The number of carbonyl (C=O) groups excluding carboxylic acids is 2. The number of nitrogens with one attached hydrogen (secondary N) is 1. The Balaban J connectivity index is 1.48. The molecule has 2 aliphatic heterocycles. The van der Waals surface area contributed by atoms with Gasteiger partial charge in [-0.1, -0.05) is 30.3 Å². The number of urea groups is 1. The van der Waals surface area contributed by atoms with Crippen LogP contribution < -0.4 is 5.32 Å². The maximum atomic E-state index is 12.6. The minimum atomic E-state index is 0.0611. The van der Waals surface area contributed by atoms with Gasteiger partial charge in [-0.15, -0.1) is 0 Å². The highest BCUT2D eigenvalue weighted by Gasteiger charge is 2.31. The first kappa shape index (κ1) is 17.7. The van der Waals surface area contributed by atoms with Crippen LogP contribution >= 0.6 is 0 Å². The first-order valence-electron chi connectivity index (χ1n) is 9.13. The van der Waals surface area contributed by atoms with E-state index in [1.807, 2.05) is 35.0 Å². The molecule has 2 heterocycles. The van der Waals surface area contributed by atoms with Crippen molar-refractivity contribution in [1.82, 2.24) is 20.0 Å². The number of benzene rings is 1. The lowest BCUT2D eigenvalue weighted by Crippen LogP contribution is -2.48. The Kier molecular flexibility index (Phi) is 5.58. The highest BCUT2D eigenvalue weighted by molar-refractivity contribution is 5.78. The molecule has 0 bridgehead atoms. The van der Waals surface area contributed by atoms with Gasteiger partial charge in [0.05, 0.1) is 12.6 Å². The third-order valence-electron chi connectivity index (χ3n) is 5.50. The predicted molar refractivity (Wildman–Crippen MR) is 97.2 cm³/mol. The van der Waals surface area contributed by atoms with Crippen LogP contribution in [0.5, 0.6) is 0 Å². The molecule has 136 valence electrons. The van der Waals surface area contributed by atoms with Crippen molar-refractivity contribution in [3.63, 3.8) is 0 Å². The number of rotatable bonds is 5. The molecule has 0 spiro atoms. The van der Waals surface area contributed by atoms with Gasteiger partial charge in [-0.3, -0.25) is 9.69 Å². The van der Waals surface area contributed by atoms with Crippen molar-refractivity contribution >= 4 is 11.9 Å². The van der Waals surface area contributed by atoms with Crippen LogP contribution in [0.1, 0.15) is 31.4 Å². The summed E-state index contributed by atoms with van der Waals surface area (Å²) in [6.07, 6.45) is 1.89. The molecule has 6 nitrogen and oxygen atoms in total. The van der Waals surface area contributed by atoms with Gasteiger partial charge in [0.25, 0.3) is 0 Å². The van der Waals surface area contributed by atoms with Crippen molar-refractivity contribution < 1.29 is 9.59 Å². The van der Waals surface area contributed by atoms with Gasteiger partial charge in [0.1, 0.15) is 0 Å². The molecule has 2 fully saturated rings. The minimum Gasteiger partial charge on any atom is -0.338 e. The fourth-order valence-electron chi connectivity index (χ4n) is 3.70. The molecule has 0 saturated carbocycles. The predicted octanol–water partition coefficient (Wildman–Crippen LogP) is 1.70. The Labute approximate surface area is 149 Å². The minimum absolute atomic E-state index is 0.0611. The van der Waals surface area contributed by atoms with Crippen molar-refractivity contribution in [3.8, 4) is 0 Å². The summed E-state index contributed by atoms with van der Waals surface area (Å²) in [5.41, 5.74) is 1.15. The van der Waals surface area contributed by atoms with Crippen LogP contribution in [0.25, 0.3) is 0 Å². The van der Waals surface area contributed by atoms with E-state index in [2.05, 4.69) is 29.3 Å². The van der Waals surface area contributed by atoms with Crippen LogP contribution in [-0.2, 0) is 4.79 Å². The molecule has 6 heteroatoms. The number of carbonyl (C=O) groups is 2. The highest BCUT2D eigenvalue weighted by Crippen LogP contribution is 2.21. The third kappa shape index (κ3) is 4.12. The number of likely N-dealkylation sites (N-methyl/N-ethyl adjacent to an activating group) is 1. The van der Waals surface area contributed by atoms with Gasteiger partial charge in [-0.2, -0.15) is 0 Å². The summed E-state index contributed by atoms with van der Waals surface area (Å²) < 4.78 is 0. The van der Waals surface area contributed by atoms with Crippen LogP contribution in [0.15, 0.2) is 30.3 Å². The Bertz CT molecular complexity index is 599. The summed E-state index contributed by atoms with van der Waals surface area (Å²) in [4.78, 5) is 30.4. The Morgan fingerprint density at radius 2 is 1.92 bits per heavy atom. The van der Waals surface area contributed by atoms with Gasteiger partial charge in [0.15, 0.2) is 0 Å². The number of hydrogen-bond acceptors (Lipinski definition) is 3. The van der Waals surface area contributed by atoms with Crippen LogP contribution in [0, 0.1) is 0 Å². The molecule has 25 heavy (non-hydrogen) atoms. The van der Waals surface area contributed by atoms with Gasteiger partial charge in [0, 0.05) is 39.3 Å². The number of piperidine rings is 1. The quantitative estimate of drug-likeness (QED) is 0.884. The van der Waals surface area contributed by atoms with Gasteiger partial charge < -0.3 is 15.1 Å². The van der Waals surface area contributed by atoms with Crippen LogP contribution in [0.2, 0.25) is 0 Å². The lowest BCUT2D eigenvalue weighted by atomic mass is 10.0. The zero-order valence-corrected chi connectivity index (χ0v) is 15.1. The molecule has 1 atom stereocenters. The highest BCUT2D eigenvalue weighted by atomic mass is 16.2. The standard InChI is InChI=1S/C19H28N4O2/c1-15(16-6-4-3-5-7-16)21(2)18(24)14-22-11-8-17(9-12-22)23-13-10-20-19(23)25/h3-7,15,17H,8-14H2,1-2H3,(H,20,25). The molecule has 1 aromatic carbocycles. The van der Waals surface area contributed by atoms with E-state index in [-0.39, 0.29) is 18.0 Å². The molecular formula is C19H28N4O2. The second-order valence-corrected chi connectivity index (χ2v) is 7.02. The average molecular weight is 344 g/mol. The van der Waals surface area contributed by atoms with E-state index in [9.17, 15) is 9.59 Å². The second kappa shape index (κ2) is 7.87. The van der Waals surface area contributed by atoms with Crippen molar-refractivity contribution in [2.45, 2.75) is 31.8 Å². The van der Waals surface area contributed by atoms with E-state index in [4.69, 9.17) is 0 Å². The molecule has 0 aromatic heterocycles. The molecule has 0 radical (unpaired) electrons. The van der Waals surface area contributed by atoms with E-state index in [1.54, 1.807) is 0 Å². The number of amides is 3. The van der Waals surface area contributed by atoms with E-state index < -0.39 is 0 Å². The first-order valence-corrected chi connectivity index (χ1v) is 9.13. The lowest BCUT2D eigenvalue weighted by Gasteiger charge is -2.36. The molecule has 3 amide bonds. The summed E-state index contributed by atoms with van der Waals surface area (Å²) in [5.74, 6) is 0.147. The summed E-state index contributed by atoms with van der Waals surface area (Å²) in [7, 11) is 1.88. The van der Waals surface area contributed by atoms with Gasteiger partial charge >= 0.3 is 6.03 Å². The summed E-state index contributed by atoms with van der Waals surface area (Å²) >= 11 is 0. The molecule has 1 unspecified atom stereocenters. The summed E-state index contributed by atoms with van der Waals surface area (Å²) in [6, 6.07) is 10.6. The Hall–Kier alpha value is -2.08. The van der Waals surface area contributed by atoms with Crippen molar-refractivity contribution in [2.75, 3.05) is 39.8 Å². The largest absolute Gasteiger partial charge is 0.338 e. The van der Waals surface area contributed by atoms with Crippen molar-refractivity contribution in [3.05, 3.63) is 35.9 Å². The number of nitrogens with zero attached hydrogens (tertiary/aromatic N) is 3. The normalized spacial score (nSPS) is 20.4. The fraction of sp³-hybridized carbons (Fsp3) is 0.579. The van der Waals surface area contributed by atoms with Gasteiger partial charge in [-0.25, -0.2) is 4.79 Å². The topological polar surface area (TPSA) is 55.9 Å². The maximum absolute atomic E-state index is 12.6. The number of likely N-dealkylation sites (tertiary alicyclic amines) is 1. The maximum Gasteiger partial charge on any atom is 0.317 e.